The molecule has 0 saturated carbocycles. The summed E-state index contributed by atoms with van der Waals surface area (Å²) in [4.78, 5) is 17.5. The third kappa shape index (κ3) is 5.45. The van der Waals surface area contributed by atoms with E-state index in [0.29, 0.717) is 34.0 Å². The minimum absolute atomic E-state index is 0.0341. The van der Waals surface area contributed by atoms with Gasteiger partial charge in [-0.05, 0) is 55.7 Å². The second-order valence-electron chi connectivity index (χ2n) is 7.17. The van der Waals surface area contributed by atoms with E-state index >= 15 is 0 Å². The van der Waals surface area contributed by atoms with Gasteiger partial charge in [-0.15, -0.1) is 0 Å². The molecule has 2 aromatic carbocycles. The van der Waals surface area contributed by atoms with Gasteiger partial charge in [-0.2, -0.15) is 0 Å². The van der Waals surface area contributed by atoms with Crippen LogP contribution in [0, 0.1) is 6.92 Å². The Hall–Kier alpha value is -1.97. The molecule has 2 N–H and O–H groups in total. The molecule has 3 aromatic rings. The Morgan fingerprint density at radius 3 is 2.65 bits per heavy atom. The summed E-state index contributed by atoms with van der Waals surface area (Å²) >= 11 is 9.80. The van der Waals surface area contributed by atoms with Gasteiger partial charge in [0.05, 0.1) is 23.7 Å². The van der Waals surface area contributed by atoms with E-state index in [2.05, 4.69) is 4.98 Å². The molecule has 3 rings (SSSR count). The third-order valence-electron chi connectivity index (χ3n) is 5.08. The zero-order valence-electron chi connectivity index (χ0n) is 17.1. The van der Waals surface area contributed by atoms with Gasteiger partial charge in [0, 0.05) is 22.2 Å². The Bertz CT molecular complexity index is 1140. The molecule has 0 aliphatic rings. The zero-order valence-corrected chi connectivity index (χ0v) is 19.4. The fraction of sp³-hybridized carbons (Fsp3) is 0.333. The van der Waals surface area contributed by atoms with Gasteiger partial charge in [-0.1, -0.05) is 36.2 Å². The second-order valence-corrected chi connectivity index (χ2v) is 8.92. The minimum Gasteiger partial charge on any atom is -0.393 e. The van der Waals surface area contributed by atoms with Crippen LogP contribution in [0.15, 0.2) is 36.4 Å². The van der Waals surface area contributed by atoms with E-state index in [0.717, 1.165) is 15.7 Å². The van der Waals surface area contributed by atoms with Gasteiger partial charge in [-0.3, -0.25) is 9.35 Å². The van der Waals surface area contributed by atoms with Crippen LogP contribution >= 0.6 is 23.2 Å². The normalized spacial score (nSPS) is 13.4. The minimum atomic E-state index is -2.50. The van der Waals surface area contributed by atoms with Crippen LogP contribution in [-0.4, -0.2) is 46.3 Å². The van der Waals surface area contributed by atoms with Gasteiger partial charge in [-0.25, -0.2) is 13.5 Å². The lowest BCUT2D eigenvalue weighted by Gasteiger charge is -2.19. The van der Waals surface area contributed by atoms with E-state index in [1.807, 2.05) is 17.6 Å². The lowest BCUT2D eigenvalue weighted by atomic mass is 10.1. The quantitative estimate of drug-likeness (QED) is 0.461. The molecule has 0 bridgehead atoms. The SMILES string of the molecule is CCC(O)CCN(C(=O)c1ccc2nc(C)n(Cc3ccc(Cl)cc3Cl)c2c1)S(=O)O. The molecule has 31 heavy (non-hydrogen) atoms. The molecule has 0 aliphatic carbocycles. The summed E-state index contributed by atoms with van der Waals surface area (Å²) in [7, 11) is 0. The van der Waals surface area contributed by atoms with Crippen LogP contribution in [0.2, 0.25) is 10.0 Å². The van der Waals surface area contributed by atoms with Gasteiger partial charge >= 0.3 is 0 Å². The van der Waals surface area contributed by atoms with Crippen molar-refractivity contribution >= 4 is 51.4 Å². The van der Waals surface area contributed by atoms with E-state index in [1.54, 1.807) is 37.3 Å². The molecule has 0 saturated heterocycles. The molecule has 7 nitrogen and oxygen atoms in total. The number of aryl methyl sites for hydroxylation is 1. The Balaban J connectivity index is 1.94. The van der Waals surface area contributed by atoms with Crippen molar-refractivity contribution in [2.24, 2.45) is 0 Å². The van der Waals surface area contributed by atoms with Crippen molar-refractivity contribution < 1.29 is 18.7 Å². The van der Waals surface area contributed by atoms with E-state index in [4.69, 9.17) is 23.2 Å². The second kappa shape index (κ2) is 10.1. The Labute approximate surface area is 193 Å². The van der Waals surface area contributed by atoms with E-state index < -0.39 is 23.3 Å². The monoisotopic (exact) mass is 483 g/mol. The maximum Gasteiger partial charge on any atom is 0.267 e. The fourth-order valence-electron chi connectivity index (χ4n) is 3.26. The van der Waals surface area contributed by atoms with Crippen LogP contribution in [-0.2, 0) is 17.8 Å². The van der Waals surface area contributed by atoms with Gasteiger partial charge in [0.15, 0.2) is 0 Å². The summed E-state index contributed by atoms with van der Waals surface area (Å²) < 4.78 is 24.1. The molecule has 2 unspecified atom stereocenters. The lowest BCUT2D eigenvalue weighted by molar-refractivity contribution is 0.0834. The van der Waals surface area contributed by atoms with Crippen LogP contribution in [0.5, 0.6) is 0 Å². The van der Waals surface area contributed by atoms with Gasteiger partial charge < -0.3 is 9.67 Å². The molecule has 2 atom stereocenters. The highest BCUT2D eigenvalue weighted by atomic mass is 35.5. The molecule has 10 heteroatoms. The number of hydrogen-bond donors (Lipinski definition) is 2. The van der Waals surface area contributed by atoms with Crippen LogP contribution in [0.1, 0.15) is 41.5 Å². The fourth-order valence-corrected chi connectivity index (χ4v) is 4.24. The van der Waals surface area contributed by atoms with E-state index in [1.165, 1.54) is 0 Å². The summed E-state index contributed by atoms with van der Waals surface area (Å²) in [5.41, 5.74) is 2.49. The number of hydrogen-bond acceptors (Lipinski definition) is 4. The number of nitrogens with zero attached hydrogens (tertiary/aromatic N) is 3. The predicted molar refractivity (Wildman–Crippen MR) is 123 cm³/mol. The topological polar surface area (TPSA) is 95.7 Å². The lowest BCUT2D eigenvalue weighted by Crippen LogP contribution is -2.35. The van der Waals surface area contributed by atoms with Gasteiger partial charge in [0.1, 0.15) is 5.82 Å². The number of aromatic nitrogens is 2. The largest absolute Gasteiger partial charge is 0.393 e. The summed E-state index contributed by atoms with van der Waals surface area (Å²) in [6.07, 6.45) is 0.0650. The van der Waals surface area contributed by atoms with Crippen molar-refractivity contribution in [2.45, 2.75) is 39.3 Å². The van der Waals surface area contributed by atoms with Crippen molar-refractivity contribution in [3.05, 3.63) is 63.4 Å². The number of halogens is 2. The summed E-state index contributed by atoms with van der Waals surface area (Å²) in [5.74, 6) is 0.139. The molecule has 1 amide bonds. The average Bonchev–Trinajstić information content (AvgIpc) is 3.03. The molecule has 1 heterocycles. The summed E-state index contributed by atoms with van der Waals surface area (Å²) in [5, 5.41) is 10.8. The Kier molecular flexibility index (Phi) is 7.72. The van der Waals surface area contributed by atoms with Crippen molar-refractivity contribution in [1.29, 1.82) is 0 Å². The van der Waals surface area contributed by atoms with E-state index in [9.17, 15) is 18.7 Å². The maximum atomic E-state index is 12.9. The molecule has 166 valence electrons. The predicted octanol–water partition coefficient (Wildman–Crippen LogP) is 4.44. The molecular formula is C21H23Cl2N3O4S. The van der Waals surface area contributed by atoms with Gasteiger partial charge in [0.2, 0.25) is 0 Å². The maximum absolute atomic E-state index is 12.9. The number of fused-ring (bicyclic) bond motifs is 1. The Morgan fingerprint density at radius 1 is 1.26 bits per heavy atom. The molecule has 0 spiro atoms. The average molecular weight is 484 g/mol. The van der Waals surface area contributed by atoms with E-state index in [-0.39, 0.29) is 18.5 Å². The zero-order chi connectivity index (χ0) is 22.7. The molecule has 0 radical (unpaired) electrons. The summed E-state index contributed by atoms with van der Waals surface area (Å²) in [6.45, 7) is 4.05. The first-order valence-corrected chi connectivity index (χ1v) is 11.5. The molecule has 1 aromatic heterocycles. The smallest absolute Gasteiger partial charge is 0.267 e. The Morgan fingerprint density at radius 2 is 2.00 bits per heavy atom. The summed E-state index contributed by atoms with van der Waals surface area (Å²) in [6, 6.07) is 10.2. The number of rotatable bonds is 8. The number of aliphatic hydroxyl groups excluding tert-OH is 1. The first-order valence-electron chi connectivity index (χ1n) is 9.73. The number of imidazole rings is 1. The molecular weight excluding hydrogens is 461 g/mol. The highest BCUT2D eigenvalue weighted by Crippen LogP contribution is 2.25. The number of carbonyl (C=O) groups is 1. The van der Waals surface area contributed by atoms with Crippen LogP contribution in [0.25, 0.3) is 11.0 Å². The molecule has 0 fully saturated rings. The van der Waals surface area contributed by atoms with Crippen LogP contribution < -0.4 is 0 Å². The highest BCUT2D eigenvalue weighted by Gasteiger charge is 2.23. The van der Waals surface area contributed by atoms with Crippen molar-refractivity contribution in [3.8, 4) is 0 Å². The van der Waals surface area contributed by atoms with Gasteiger partial charge in [0.25, 0.3) is 17.2 Å². The van der Waals surface area contributed by atoms with Crippen molar-refractivity contribution in [3.63, 3.8) is 0 Å². The first kappa shape index (κ1) is 23.7. The van der Waals surface area contributed by atoms with Crippen molar-refractivity contribution in [1.82, 2.24) is 13.9 Å². The number of carbonyl (C=O) groups excluding carboxylic acids is 1. The van der Waals surface area contributed by atoms with Crippen molar-refractivity contribution in [2.75, 3.05) is 6.54 Å². The number of amides is 1. The first-order chi connectivity index (χ1) is 14.7. The number of aliphatic hydroxyl groups is 1. The standard InChI is InChI=1S/C21H23Cl2N3O4S/c1-3-17(27)8-9-26(31(29)30)21(28)14-5-7-19-20(10-14)25(13(2)24-19)12-15-4-6-16(22)11-18(15)23/h4-7,10-11,17,27H,3,8-9,12H2,1-2H3,(H,29,30). The van der Waals surface area contributed by atoms with Crippen LogP contribution in [0.3, 0.4) is 0 Å². The number of benzene rings is 2. The third-order valence-corrected chi connectivity index (χ3v) is 6.39. The van der Waals surface area contributed by atoms with Crippen LogP contribution in [0.4, 0.5) is 0 Å². The molecule has 0 aliphatic heterocycles. The highest BCUT2D eigenvalue weighted by molar-refractivity contribution is 7.77.